The molecule has 1 atom stereocenters. The molecule has 0 spiro atoms. The minimum atomic E-state index is -3.85. The van der Waals surface area contributed by atoms with Gasteiger partial charge in [0.1, 0.15) is 6.04 Å². The molecule has 3 rings (SSSR count). The van der Waals surface area contributed by atoms with Gasteiger partial charge < -0.3 is 10.2 Å². The highest BCUT2D eigenvalue weighted by atomic mass is 32.2. The van der Waals surface area contributed by atoms with Crippen LogP contribution in [0.25, 0.3) is 0 Å². The second-order valence-corrected chi connectivity index (χ2v) is 11.6. The van der Waals surface area contributed by atoms with Crippen LogP contribution < -0.4 is 5.32 Å². The first-order chi connectivity index (χ1) is 16.6. The number of nitrogens with zero attached hydrogens (tertiary/aromatic N) is 2. The third-order valence-corrected chi connectivity index (χ3v) is 8.50. The van der Waals surface area contributed by atoms with E-state index in [1.54, 1.807) is 19.1 Å². The monoisotopic (exact) mass is 499 g/mol. The molecule has 0 unspecified atom stereocenters. The number of rotatable bonds is 9. The number of sulfonamides is 1. The van der Waals surface area contributed by atoms with Crippen molar-refractivity contribution >= 4 is 21.8 Å². The van der Waals surface area contributed by atoms with E-state index in [0.29, 0.717) is 0 Å². The zero-order valence-electron chi connectivity index (χ0n) is 21.2. The predicted octanol–water partition coefficient (Wildman–Crippen LogP) is 3.79. The van der Waals surface area contributed by atoms with Crippen molar-refractivity contribution in [1.29, 1.82) is 0 Å². The van der Waals surface area contributed by atoms with E-state index in [0.717, 1.165) is 46.7 Å². The normalized spacial score (nSPS) is 15.6. The SMILES string of the molecule is Cc1ccc(CN(C(=O)CN(C)S(=O)(=O)c2ccc(C)cc2)[C@@H](C)C(=O)NC2CCCCC2)cc1. The molecule has 0 aliphatic heterocycles. The minimum Gasteiger partial charge on any atom is -0.352 e. The van der Waals surface area contributed by atoms with Crippen molar-refractivity contribution in [1.82, 2.24) is 14.5 Å². The Hall–Kier alpha value is -2.71. The summed E-state index contributed by atoms with van der Waals surface area (Å²) in [5.74, 6) is -0.628. The van der Waals surface area contributed by atoms with Crippen molar-refractivity contribution in [2.75, 3.05) is 13.6 Å². The van der Waals surface area contributed by atoms with E-state index >= 15 is 0 Å². The fourth-order valence-electron chi connectivity index (χ4n) is 4.30. The van der Waals surface area contributed by atoms with Crippen LogP contribution in [0.5, 0.6) is 0 Å². The van der Waals surface area contributed by atoms with Gasteiger partial charge in [-0.2, -0.15) is 4.31 Å². The molecular weight excluding hydrogens is 462 g/mol. The van der Waals surface area contributed by atoms with Crippen molar-refractivity contribution in [3.8, 4) is 0 Å². The lowest BCUT2D eigenvalue weighted by Gasteiger charge is -2.32. The number of aryl methyl sites for hydroxylation is 2. The Kier molecular flexibility index (Phi) is 9.08. The molecule has 190 valence electrons. The van der Waals surface area contributed by atoms with Crippen LogP contribution in [0.1, 0.15) is 55.7 Å². The Labute approximate surface area is 209 Å². The van der Waals surface area contributed by atoms with Gasteiger partial charge in [-0.15, -0.1) is 0 Å². The molecule has 1 fully saturated rings. The van der Waals surface area contributed by atoms with Crippen LogP contribution >= 0.6 is 0 Å². The molecule has 0 heterocycles. The van der Waals surface area contributed by atoms with E-state index in [1.165, 1.54) is 30.5 Å². The number of benzene rings is 2. The van der Waals surface area contributed by atoms with Gasteiger partial charge in [-0.1, -0.05) is 66.8 Å². The number of carbonyl (C=O) groups excluding carboxylic acids is 2. The van der Waals surface area contributed by atoms with Crippen LogP contribution in [0.2, 0.25) is 0 Å². The minimum absolute atomic E-state index is 0.125. The molecule has 35 heavy (non-hydrogen) atoms. The van der Waals surface area contributed by atoms with Crippen molar-refractivity contribution in [3.63, 3.8) is 0 Å². The van der Waals surface area contributed by atoms with E-state index in [9.17, 15) is 18.0 Å². The van der Waals surface area contributed by atoms with Crippen LogP contribution in [-0.4, -0.2) is 55.1 Å². The largest absolute Gasteiger partial charge is 0.352 e. The zero-order valence-corrected chi connectivity index (χ0v) is 22.0. The molecule has 8 heteroatoms. The molecule has 0 radical (unpaired) electrons. The predicted molar refractivity (Wildman–Crippen MR) is 137 cm³/mol. The molecule has 2 aromatic carbocycles. The summed E-state index contributed by atoms with van der Waals surface area (Å²) in [7, 11) is -2.45. The standard InChI is InChI=1S/C27H37N3O4S/c1-20-10-14-23(15-11-20)18-30(22(3)27(32)28-24-8-6-5-7-9-24)26(31)19-29(4)35(33,34)25-16-12-21(2)13-17-25/h10-17,22,24H,5-9,18-19H2,1-4H3,(H,28,32)/t22-/m0/s1. The summed E-state index contributed by atoms with van der Waals surface area (Å²) in [5, 5.41) is 3.10. The summed E-state index contributed by atoms with van der Waals surface area (Å²) >= 11 is 0. The van der Waals surface area contributed by atoms with E-state index in [-0.39, 0.29) is 29.9 Å². The number of nitrogens with one attached hydrogen (secondary N) is 1. The topological polar surface area (TPSA) is 86.8 Å². The van der Waals surface area contributed by atoms with Crippen LogP contribution in [0.3, 0.4) is 0 Å². The Balaban J connectivity index is 1.78. The van der Waals surface area contributed by atoms with Gasteiger partial charge in [0.25, 0.3) is 0 Å². The second kappa shape index (κ2) is 11.8. The smallest absolute Gasteiger partial charge is 0.243 e. The number of carbonyl (C=O) groups is 2. The molecule has 0 aromatic heterocycles. The summed E-state index contributed by atoms with van der Waals surface area (Å²) < 4.78 is 27.1. The maximum absolute atomic E-state index is 13.4. The maximum Gasteiger partial charge on any atom is 0.243 e. The van der Waals surface area contributed by atoms with Gasteiger partial charge in [0.05, 0.1) is 11.4 Å². The Morgan fingerprint density at radius 3 is 2.06 bits per heavy atom. The van der Waals surface area contributed by atoms with Crippen molar-refractivity contribution < 1.29 is 18.0 Å². The first kappa shape index (κ1) is 26.9. The van der Waals surface area contributed by atoms with Gasteiger partial charge in [0.15, 0.2) is 0 Å². The lowest BCUT2D eigenvalue weighted by molar-refractivity contribution is -0.141. The molecule has 2 aromatic rings. The molecule has 1 saturated carbocycles. The lowest BCUT2D eigenvalue weighted by atomic mass is 9.95. The van der Waals surface area contributed by atoms with Gasteiger partial charge in [-0.3, -0.25) is 9.59 Å². The Morgan fingerprint density at radius 2 is 1.49 bits per heavy atom. The molecule has 7 nitrogen and oxygen atoms in total. The number of amides is 2. The van der Waals surface area contributed by atoms with E-state index in [2.05, 4.69) is 5.32 Å². The van der Waals surface area contributed by atoms with Crippen LogP contribution in [0, 0.1) is 13.8 Å². The molecule has 0 bridgehead atoms. The molecule has 1 N–H and O–H groups in total. The lowest BCUT2D eigenvalue weighted by Crippen LogP contribution is -2.52. The summed E-state index contributed by atoms with van der Waals surface area (Å²) in [6.07, 6.45) is 5.26. The maximum atomic E-state index is 13.4. The zero-order chi connectivity index (χ0) is 25.6. The summed E-state index contributed by atoms with van der Waals surface area (Å²) in [6, 6.07) is 13.7. The third-order valence-electron chi connectivity index (χ3n) is 6.68. The Bertz CT molecular complexity index is 1110. The van der Waals surface area contributed by atoms with Gasteiger partial charge in [-0.25, -0.2) is 8.42 Å². The Morgan fingerprint density at radius 1 is 0.943 bits per heavy atom. The molecule has 1 aliphatic carbocycles. The second-order valence-electron chi connectivity index (χ2n) is 9.60. The van der Waals surface area contributed by atoms with Crippen molar-refractivity contribution in [2.24, 2.45) is 0 Å². The number of hydrogen-bond donors (Lipinski definition) is 1. The highest BCUT2D eigenvalue weighted by Crippen LogP contribution is 2.19. The van der Waals surface area contributed by atoms with Crippen LogP contribution in [0.4, 0.5) is 0 Å². The average molecular weight is 500 g/mol. The molecule has 1 aliphatic rings. The fourth-order valence-corrected chi connectivity index (χ4v) is 5.42. The van der Waals surface area contributed by atoms with Crippen LogP contribution in [0.15, 0.2) is 53.4 Å². The average Bonchev–Trinajstić information content (AvgIpc) is 2.84. The summed E-state index contributed by atoms with van der Waals surface area (Å²) in [4.78, 5) is 28.1. The van der Waals surface area contributed by atoms with Gasteiger partial charge in [0, 0.05) is 19.6 Å². The quantitative estimate of drug-likeness (QED) is 0.569. The number of likely N-dealkylation sites (N-methyl/N-ethyl adjacent to an activating group) is 1. The molecular formula is C27H37N3O4S. The summed E-state index contributed by atoms with van der Waals surface area (Å²) in [5.41, 5.74) is 2.92. The fraction of sp³-hybridized carbons (Fsp3) is 0.481. The van der Waals surface area contributed by atoms with Gasteiger partial charge >= 0.3 is 0 Å². The third kappa shape index (κ3) is 7.15. The van der Waals surface area contributed by atoms with Crippen LogP contribution in [-0.2, 0) is 26.2 Å². The van der Waals surface area contributed by atoms with Gasteiger partial charge in [-0.05, 0) is 51.3 Å². The van der Waals surface area contributed by atoms with Crippen molar-refractivity contribution in [3.05, 3.63) is 65.2 Å². The first-order valence-electron chi connectivity index (χ1n) is 12.3. The number of hydrogen-bond acceptors (Lipinski definition) is 4. The molecule has 2 amide bonds. The van der Waals surface area contributed by atoms with E-state index in [4.69, 9.17) is 0 Å². The van der Waals surface area contributed by atoms with Crippen molar-refractivity contribution in [2.45, 2.75) is 76.4 Å². The van der Waals surface area contributed by atoms with E-state index < -0.39 is 22.0 Å². The highest BCUT2D eigenvalue weighted by Gasteiger charge is 2.31. The molecule has 0 saturated heterocycles. The highest BCUT2D eigenvalue weighted by molar-refractivity contribution is 7.89. The summed E-state index contributed by atoms with van der Waals surface area (Å²) in [6.45, 7) is 5.43. The first-order valence-corrected chi connectivity index (χ1v) is 13.7. The van der Waals surface area contributed by atoms with Gasteiger partial charge in [0.2, 0.25) is 21.8 Å². The van der Waals surface area contributed by atoms with E-state index in [1.807, 2.05) is 38.1 Å².